The molecular weight excluding hydrogens is 470 g/mol. The van der Waals surface area contributed by atoms with E-state index in [1.165, 1.54) is 12.7 Å². The summed E-state index contributed by atoms with van der Waals surface area (Å²) in [6.07, 6.45) is 0.0385. The fraction of sp³-hybridized carbons (Fsp3) is 0.435. The van der Waals surface area contributed by atoms with Crippen molar-refractivity contribution in [2.45, 2.75) is 51.1 Å². The van der Waals surface area contributed by atoms with Gasteiger partial charge in [-0.05, 0) is 32.9 Å². The Morgan fingerprint density at radius 3 is 2.72 bits per heavy atom. The molecule has 0 aliphatic carbocycles. The number of benzene rings is 1. The van der Waals surface area contributed by atoms with Crippen LogP contribution in [0.3, 0.4) is 0 Å². The molecule has 2 aliphatic rings. The smallest absolute Gasteiger partial charge is 0.324 e. The number of carbonyl (C=O) groups is 2. The largest absolute Gasteiger partial charge is 0.497 e. The monoisotopic (exact) mass is 497 g/mol. The molecule has 4 atom stereocenters. The third kappa shape index (κ3) is 4.43. The van der Waals surface area contributed by atoms with Gasteiger partial charge in [0.25, 0.3) is 5.91 Å². The molecule has 2 saturated heterocycles. The highest BCUT2D eigenvalue weighted by Gasteiger charge is 2.58. The highest BCUT2D eigenvalue weighted by Crippen LogP contribution is 2.44. The zero-order valence-electron chi connectivity index (χ0n) is 20.2. The van der Waals surface area contributed by atoms with Crippen LogP contribution in [-0.4, -0.2) is 69.2 Å². The van der Waals surface area contributed by atoms with E-state index in [2.05, 4.69) is 30.9 Å². The summed E-state index contributed by atoms with van der Waals surface area (Å²) in [6, 6.07) is 6.44. The highest BCUT2D eigenvalue weighted by atomic mass is 16.8. The second-order valence-corrected chi connectivity index (χ2v) is 8.76. The Morgan fingerprint density at radius 2 is 1.94 bits per heavy atom. The Bertz CT molecular complexity index is 1290. The topological polar surface area (TPSA) is 151 Å². The number of likely N-dealkylation sites (N-methyl/N-ethyl adjacent to an activating group) is 1. The minimum absolute atomic E-state index is 0.206. The zero-order chi connectivity index (χ0) is 25.4. The second-order valence-electron chi connectivity index (χ2n) is 8.76. The summed E-state index contributed by atoms with van der Waals surface area (Å²) < 4.78 is 25.0. The number of amides is 3. The van der Waals surface area contributed by atoms with Gasteiger partial charge in [0.05, 0.1) is 13.4 Å². The van der Waals surface area contributed by atoms with Gasteiger partial charge in [0.2, 0.25) is 0 Å². The fourth-order valence-electron chi connectivity index (χ4n) is 4.39. The number of hydrogen-bond donors (Lipinski definition) is 3. The third-order valence-corrected chi connectivity index (χ3v) is 5.83. The van der Waals surface area contributed by atoms with Crippen LogP contribution in [0.25, 0.3) is 11.2 Å². The van der Waals surface area contributed by atoms with Gasteiger partial charge in [0.15, 0.2) is 35.1 Å². The number of rotatable bonds is 6. The molecule has 3 amide bonds. The first-order valence-electron chi connectivity index (χ1n) is 11.5. The molecule has 0 radical (unpaired) electrons. The van der Waals surface area contributed by atoms with Crippen molar-refractivity contribution in [3.05, 3.63) is 36.9 Å². The maximum Gasteiger partial charge on any atom is 0.324 e. The number of ether oxygens (including phenoxy) is 4. The van der Waals surface area contributed by atoms with Crippen molar-refractivity contribution >= 4 is 34.6 Å². The summed E-state index contributed by atoms with van der Waals surface area (Å²) in [5.74, 6) is -0.360. The Balaban J connectivity index is 1.40. The number of imidazole rings is 1. The summed E-state index contributed by atoms with van der Waals surface area (Å²) in [7, 11) is 1.55. The predicted octanol–water partition coefficient (Wildman–Crippen LogP) is 2.03. The van der Waals surface area contributed by atoms with E-state index in [1.54, 1.807) is 49.8 Å². The fourth-order valence-corrected chi connectivity index (χ4v) is 4.39. The van der Waals surface area contributed by atoms with E-state index in [0.29, 0.717) is 29.1 Å². The molecule has 0 spiro atoms. The molecule has 0 saturated carbocycles. The molecule has 2 fully saturated rings. The molecule has 2 aromatic heterocycles. The second kappa shape index (κ2) is 9.33. The van der Waals surface area contributed by atoms with Gasteiger partial charge in [-0.25, -0.2) is 19.7 Å². The van der Waals surface area contributed by atoms with Gasteiger partial charge in [-0.15, -0.1) is 0 Å². The molecule has 13 nitrogen and oxygen atoms in total. The summed E-state index contributed by atoms with van der Waals surface area (Å²) >= 11 is 0. The minimum atomic E-state index is -0.890. The lowest BCUT2D eigenvalue weighted by Gasteiger charge is -2.24. The number of urea groups is 1. The maximum atomic E-state index is 12.7. The molecule has 3 aromatic rings. The minimum Gasteiger partial charge on any atom is -0.497 e. The molecule has 1 aromatic carbocycles. The van der Waals surface area contributed by atoms with Crippen LogP contribution < -0.4 is 20.7 Å². The Kier molecular flexibility index (Phi) is 6.20. The molecule has 0 bridgehead atoms. The van der Waals surface area contributed by atoms with E-state index in [1.807, 2.05) is 6.92 Å². The van der Waals surface area contributed by atoms with E-state index in [0.717, 1.165) is 0 Å². The SMILES string of the molecule is CCNC(=O)[C@H]1O[C@@H](n2cnc3c(NC(=O)Nc4cccc(OC)c4)ncnc32)[C@@H]2OC(C)(C)O[C@@H]21. The van der Waals surface area contributed by atoms with Crippen LogP contribution in [0.1, 0.15) is 27.0 Å². The van der Waals surface area contributed by atoms with Crippen LogP contribution in [0.4, 0.5) is 16.3 Å². The lowest BCUT2D eigenvalue weighted by Crippen LogP contribution is -2.42. The summed E-state index contributed by atoms with van der Waals surface area (Å²) in [4.78, 5) is 38.2. The molecule has 4 heterocycles. The van der Waals surface area contributed by atoms with Crippen molar-refractivity contribution in [1.82, 2.24) is 24.8 Å². The van der Waals surface area contributed by atoms with Gasteiger partial charge in [0.1, 0.15) is 24.3 Å². The van der Waals surface area contributed by atoms with E-state index < -0.39 is 36.4 Å². The van der Waals surface area contributed by atoms with Crippen molar-refractivity contribution in [2.24, 2.45) is 0 Å². The number of nitrogens with zero attached hydrogens (tertiary/aromatic N) is 4. The third-order valence-electron chi connectivity index (χ3n) is 5.83. The number of carbonyl (C=O) groups excluding carboxylic acids is 2. The Labute approximate surface area is 206 Å². The summed E-state index contributed by atoms with van der Waals surface area (Å²) in [5.41, 5.74) is 1.29. The highest BCUT2D eigenvalue weighted by molar-refractivity contribution is 6.03. The quantitative estimate of drug-likeness (QED) is 0.465. The standard InChI is InChI=1S/C23H27N7O6/c1-5-24-20(31)16-15-17(36-23(2,3)35-15)21(34-16)30-11-27-14-18(25-10-26-19(14)30)29-22(32)28-12-7-6-8-13(9-12)33-4/h6-11,15-17,21H,5H2,1-4H3,(H,24,31)(H2,25,26,28,29,32)/t15-,16+,17-,21-/m1/s1. The number of hydrogen-bond acceptors (Lipinski definition) is 9. The van der Waals surface area contributed by atoms with Gasteiger partial charge in [-0.2, -0.15) is 0 Å². The van der Waals surface area contributed by atoms with Crippen LogP contribution in [0.2, 0.25) is 0 Å². The van der Waals surface area contributed by atoms with Crippen molar-refractivity contribution in [2.75, 3.05) is 24.3 Å². The molecule has 190 valence electrons. The van der Waals surface area contributed by atoms with Crippen molar-refractivity contribution in [3.8, 4) is 5.75 Å². The number of methoxy groups -OCH3 is 1. The van der Waals surface area contributed by atoms with Crippen molar-refractivity contribution in [1.29, 1.82) is 0 Å². The van der Waals surface area contributed by atoms with Crippen LogP contribution in [0.5, 0.6) is 5.75 Å². The van der Waals surface area contributed by atoms with E-state index in [9.17, 15) is 9.59 Å². The van der Waals surface area contributed by atoms with Crippen LogP contribution >= 0.6 is 0 Å². The number of nitrogens with one attached hydrogen (secondary N) is 3. The number of anilines is 2. The average molecular weight is 498 g/mol. The average Bonchev–Trinajstić information content (AvgIpc) is 3.50. The van der Waals surface area contributed by atoms with E-state index in [-0.39, 0.29) is 11.7 Å². The first-order chi connectivity index (χ1) is 17.3. The van der Waals surface area contributed by atoms with Gasteiger partial charge in [-0.3, -0.25) is 14.7 Å². The van der Waals surface area contributed by atoms with Gasteiger partial charge in [0, 0.05) is 18.3 Å². The first-order valence-corrected chi connectivity index (χ1v) is 11.5. The number of aromatic nitrogens is 4. The van der Waals surface area contributed by atoms with Crippen LogP contribution in [0.15, 0.2) is 36.9 Å². The molecule has 5 rings (SSSR count). The van der Waals surface area contributed by atoms with Gasteiger partial charge in [-0.1, -0.05) is 6.07 Å². The number of fused-ring (bicyclic) bond motifs is 2. The summed E-state index contributed by atoms with van der Waals surface area (Å²) in [5, 5.41) is 8.21. The van der Waals surface area contributed by atoms with Crippen molar-refractivity contribution in [3.63, 3.8) is 0 Å². The van der Waals surface area contributed by atoms with Gasteiger partial charge < -0.3 is 29.6 Å². The molecule has 36 heavy (non-hydrogen) atoms. The zero-order valence-corrected chi connectivity index (χ0v) is 20.2. The maximum absolute atomic E-state index is 12.7. The van der Waals surface area contributed by atoms with Crippen LogP contribution in [-0.2, 0) is 19.0 Å². The predicted molar refractivity (Wildman–Crippen MR) is 127 cm³/mol. The lowest BCUT2D eigenvalue weighted by atomic mass is 10.1. The molecule has 3 N–H and O–H groups in total. The van der Waals surface area contributed by atoms with E-state index >= 15 is 0 Å². The van der Waals surface area contributed by atoms with Crippen molar-refractivity contribution < 1.29 is 28.5 Å². The van der Waals surface area contributed by atoms with E-state index in [4.69, 9.17) is 18.9 Å². The summed E-state index contributed by atoms with van der Waals surface area (Å²) in [6.45, 7) is 5.86. The van der Waals surface area contributed by atoms with Crippen LogP contribution in [0, 0.1) is 0 Å². The Hall–Kier alpha value is -3.81. The molecule has 13 heteroatoms. The molecular formula is C23H27N7O6. The lowest BCUT2D eigenvalue weighted by molar-refractivity contribution is -0.197. The first kappa shape index (κ1) is 23.9. The van der Waals surface area contributed by atoms with Gasteiger partial charge >= 0.3 is 6.03 Å². The molecule has 0 unspecified atom stereocenters. The Morgan fingerprint density at radius 1 is 1.14 bits per heavy atom. The molecule has 2 aliphatic heterocycles. The normalized spacial score (nSPS) is 24.3.